The SMILES string of the molecule is Cc1cccc(N=C(N)SCc2ccccc2Br)c1. The van der Waals surface area contributed by atoms with Crippen molar-refractivity contribution >= 4 is 38.5 Å². The summed E-state index contributed by atoms with van der Waals surface area (Å²) in [6.45, 7) is 2.05. The van der Waals surface area contributed by atoms with Crippen molar-refractivity contribution in [2.75, 3.05) is 0 Å². The predicted molar refractivity (Wildman–Crippen MR) is 87.9 cm³/mol. The van der Waals surface area contributed by atoms with Crippen LogP contribution in [0.1, 0.15) is 11.1 Å². The molecule has 4 heteroatoms. The van der Waals surface area contributed by atoms with Crippen LogP contribution >= 0.6 is 27.7 Å². The molecule has 0 heterocycles. The summed E-state index contributed by atoms with van der Waals surface area (Å²) in [5, 5.41) is 0.585. The van der Waals surface area contributed by atoms with Gasteiger partial charge in [0.15, 0.2) is 5.17 Å². The third kappa shape index (κ3) is 4.40. The Morgan fingerprint density at radius 3 is 2.74 bits per heavy atom. The van der Waals surface area contributed by atoms with Crippen molar-refractivity contribution in [1.82, 2.24) is 0 Å². The second kappa shape index (κ2) is 6.78. The summed E-state index contributed by atoms with van der Waals surface area (Å²) in [5.41, 5.74) is 9.25. The number of amidine groups is 1. The van der Waals surface area contributed by atoms with Gasteiger partial charge >= 0.3 is 0 Å². The minimum Gasteiger partial charge on any atom is -0.378 e. The molecule has 0 fully saturated rings. The van der Waals surface area contributed by atoms with Gasteiger partial charge in [-0.05, 0) is 36.2 Å². The topological polar surface area (TPSA) is 38.4 Å². The van der Waals surface area contributed by atoms with Gasteiger partial charge in [0.1, 0.15) is 0 Å². The van der Waals surface area contributed by atoms with Crippen LogP contribution in [0.5, 0.6) is 0 Å². The van der Waals surface area contributed by atoms with Gasteiger partial charge in [0, 0.05) is 10.2 Å². The van der Waals surface area contributed by atoms with E-state index >= 15 is 0 Å². The van der Waals surface area contributed by atoms with Gasteiger partial charge in [-0.25, -0.2) is 4.99 Å². The van der Waals surface area contributed by atoms with Gasteiger partial charge in [0.25, 0.3) is 0 Å². The fourth-order valence-corrected chi connectivity index (χ4v) is 2.96. The molecule has 0 aromatic heterocycles. The van der Waals surface area contributed by atoms with Crippen molar-refractivity contribution in [3.8, 4) is 0 Å². The van der Waals surface area contributed by atoms with Gasteiger partial charge in [-0.3, -0.25) is 0 Å². The third-order valence-corrected chi connectivity index (χ3v) is 4.19. The molecule has 0 spiro atoms. The lowest BCUT2D eigenvalue weighted by Crippen LogP contribution is -2.06. The molecule has 0 bridgehead atoms. The molecule has 0 aliphatic carbocycles. The summed E-state index contributed by atoms with van der Waals surface area (Å²) in [5.74, 6) is 0.808. The molecule has 0 aliphatic rings. The van der Waals surface area contributed by atoms with E-state index in [0.29, 0.717) is 5.17 Å². The summed E-state index contributed by atoms with van der Waals surface area (Å²) in [7, 11) is 0. The van der Waals surface area contributed by atoms with Gasteiger partial charge < -0.3 is 5.73 Å². The zero-order chi connectivity index (χ0) is 13.7. The van der Waals surface area contributed by atoms with Crippen molar-refractivity contribution in [2.24, 2.45) is 10.7 Å². The number of nitrogens with zero attached hydrogens (tertiary/aromatic N) is 1. The highest BCUT2D eigenvalue weighted by Crippen LogP contribution is 2.22. The Hall–Kier alpha value is -1.26. The molecule has 2 rings (SSSR count). The van der Waals surface area contributed by atoms with Crippen LogP contribution in [0.4, 0.5) is 5.69 Å². The molecule has 0 saturated carbocycles. The van der Waals surface area contributed by atoms with Gasteiger partial charge in [-0.1, -0.05) is 58.0 Å². The minimum absolute atomic E-state index is 0.585. The van der Waals surface area contributed by atoms with E-state index in [2.05, 4.69) is 27.0 Å². The maximum Gasteiger partial charge on any atom is 0.159 e. The Labute approximate surface area is 126 Å². The molecule has 2 aromatic rings. The number of nitrogens with two attached hydrogens (primary N) is 1. The molecule has 0 amide bonds. The van der Waals surface area contributed by atoms with Crippen molar-refractivity contribution in [3.63, 3.8) is 0 Å². The molecule has 0 saturated heterocycles. The van der Waals surface area contributed by atoms with Crippen molar-refractivity contribution < 1.29 is 0 Å². The van der Waals surface area contributed by atoms with E-state index < -0.39 is 0 Å². The molecule has 98 valence electrons. The highest BCUT2D eigenvalue weighted by atomic mass is 79.9. The number of thioether (sulfide) groups is 1. The van der Waals surface area contributed by atoms with E-state index in [9.17, 15) is 0 Å². The van der Waals surface area contributed by atoms with Crippen molar-refractivity contribution in [3.05, 3.63) is 64.1 Å². The Kier molecular flexibility index (Phi) is 5.05. The second-order valence-corrected chi connectivity index (χ2v) is 6.02. The second-order valence-electron chi connectivity index (χ2n) is 4.17. The van der Waals surface area contributed by atoms with Crippen LogP contribution in [-0.2, 0) is 5.75 Å². The Balaban J connectivity index is 2.02. The predicted octanol–water partition coefficient (Wildman–Crippen LogP) is 4.64. The maximum atomic E-state index is 5.95. The first-order valence-corrected chi connectivity index (χ1v) is 7.70. The van der Waals surface area contributed by atoms with Crippen LogP contribution < -0.4 is 5.73 Å². The Morgan fingerprint density at radius 2 is 2.00 bits per heavy atom. The van der Waals surface area contributed by atoms with Crippen molar-refractivity contribution in [2.45, 2.75) is 12.7 Å². The standard InChI is InChI=1S/C15H15BrN2S/c1-11-5-4-7-13(9-11)18-15(17)19-10-12-6-2-3-8-14(12)16/h2-9H,10H2,1H3,(H2,17,18). The van der Waals surface area contributed by atoms with Crippen molar-refractivity contribution in [1.29, 1.82) is 0 Å². The molecule has 0 atom stereocenters. The van der Waals surface area contributed by atoms with Crippen LogP contribution in [0.3, 0.4) is 0 Å². The highest BCUT2D eigenvalue weighted by Gasteiger charge is 2.01. The molecule has 19 heavy (non-hydrogen) atoms. The van der Waals surface area contributed by atoms with E-state index in [1.54, 1.807) is 11.8 Å². The molecule has 2 nitrogen and oxygen atoms in total. The monoisotopic (exact) mass is 334 g/mol. The zero-order valence-electron chi connectivity index (χ0n) is 10.6. The third-order valence-electron chi connectivity index (χ3n) is 2.57. The van der Waals surface area contributed by atoms with Crippen LogP contribution in [0.15, 0.2) is 58.0 Å². The molecular formula is C15H15BrN2S. The zero-order valence-corrected chi connectivity index (χ0v) is 13.0. The largest absolute Gasteiger partial charge is 0.378 e. The lowest BCUT2D eigenvalue weighted by Gasteiger charge is -2.04. The summed E-state index contributed by atoms with van der Waals surface area (Å²) in [6.07, 6.45) is 0. The molecule has 0 radical (unpaired) electrons. The highest BCUT2D eigenvalue weighted by molar-refractivity contribution is 9.10. The van der Waals surface area contributed by atoms with Crippen LogP contribution in [-0.4, -0.2) is 5.17 Å². The Morgan fingerprint density at radius 1 is 1.21 bits per heavy atom. The lowest BCUT2D eigenvalue weighted by atomic mass is 10.2. The number of rotatable bonds is 3. The number of aryl methyl sites for hydroxylation is 1. The van der Waals surface area contributed by atoms with Gasteiger partial charge in [-0.2, -0.15) is 0 Å². The lowest BCUT2D eigenvalue weighted by molar-refractivity contribution is 1.38. The number of benzene rings is 2. The molecular weight excluding hydrogens is 320 g/mol. The van der Waals surface area contributed by atoms with Crippen LogP contribution in [0.25, 0.3) is 0 Å². The summed E-state index contributed by atoms with van der Waals surface area (Å²) >= 11 is 5.07. The van der Waals surface area contributed by atoms with Gasteiger partial charge in [0.2, 0.25) is 0 Å². The number of hydrogen-bond acceptors (Lipinski definition) is 2. The van der Waals surface area contributed by atoms with E-state index in [-0.39, 0.29) is 0 Å². The number of halogens is 1. The van der Waals surface area contributed by atoms with E-state index in [0.717, 1.165) is 15.9 Å². The van der Waals surface area contributed by atoms with Crippen LogP contribution in [0, 0.1) is 6.92 Å². The summed E-state index contributed by atoms with van der Waals surface area (Å²) in [6, 6.07) is 16.1. The maximum absolute atomic E-state index is 5.95. The number of aliphatic imine (C=N–C) groups is 1. The van der Waals surface area contributed by atoms with Gasteiger partial charge in [0.05, 0.1) is 5.69 Å². The fraction of sp³-hybridized carbons (Fsp3) is 0.133. The molecule has 0 unspecified atom stereocenters. The minimum atomic E-state index is 0.585. The van der Waals surface area contributed by atoms with E-state index in [1.165, 1.54) is 11.1 Å². The molecule has 2 aromatic carbocycles. The molecule has 2 N–H and O–H groups in total. The first-order valence-electron chi connectivity index (χ1n) is 5.92. The normalized spacial score (nSPS) is 11.6. The quantitative estimate of drug-likeness (QED) is 0.656. The average molecular weight is 335 g/mol. The fourth-order valence-electron chi connectivity index (χ4n) is 1.62. The summed E-state index contributed by atoms with van der Waals surface area (Å²) in [4.78, 5) is 4.41. The summed E-state index contributed by atoms with van der Waals surface area (Å²) < 4.78 is 1.10. The average Bonchev–Trinajstić information content (AvgIpc) is 2.38. The van der Waals surface area contributed by atoms with E-state index in [4.69, 9.17) is 5.73 Å². The van der Waals surface area contributed by atoms with Gasteiger partial charge in [-0.15, -0.1) is 0 Å². The smallest absolute Gasteiger partial charge is 0.159 e. The number of hydrogen-bond donors (Lipinski definition) is 1. The van der Waals surface area contributed by atoms with Crippen LogP contribution in [0.2, 0.25) is 0 Å². The molecule has 0 aliphatic heterocycles. The van der Waals surface area contributed by atoms with E-state index in [1.807, 2.05) is 49.4 Å². The first kappa shape index (κ1) is 14.2. The first-order chi connectivity index (χ1) is 9.15. The Bertz CT molecular complexity index is 596.